The van der Waals surface area contributed by atoms with E-state index in [0.717, 1.165) is 34.6 Å². The van der Waals surface area contributed by atoms with Crippen molar-refractivity contribution in [3.8, 4) is 5.75 Å². The number of aryl methyl sites for hydroxylation is 2. The lowest BCUT2D eigenvalue weighted by atomic mass is 9.98. The van der Waals surface area contributed by atoms with Gasteiger partial charge < -0.3 is 5.11 Å². The number of aromatic hydroxyl groups is 1. The van der Waals surface area contributed by atoms with Gasteiger partial charge in [-0.2, -0.15) is 0 Å². The summed E-state index contributed by atoms with van der Waals surface area (Å²) in [6.07, 6.45) is 2.49. The van der Waals surface area contributed by atoms with Crippen molar-refractivity contribution in [1.29, 1.82) is 0 Å². The Kier molecular flexibility index (Phi) is 4.73. The lowest BCUT2D eigenvalue weighted by Gasteiger charge is -2.14. The van der Waals surface area contributed by atoms with Crippen LogP contribution in [0.4, 0.5) is 5.69 Å². The van der Waals surface area contributed by atoms with Gasteiger partial charge in [-0.3, -0.25) is 9.98 Å². The molecule has 0 amide bonds. The molecule has 0 radical (unpaired) electrons. The number of aromatic nitrogens is 1. The third kappa shape index (κ3) is 3.48. The molecule has 1 heterocycles. The quantitative estimate of drug-likeness (QED) is 0.835. The third-order valence-corrected chi connectivity index (χ3v) is 3.78. The molecule has 1 unspecified atom stereocenters. The Bertz CT molecular complexity index is 662. The highest BCUT2D eigenvalue weighted by atomic mass is 16.3. The van der Waals surface area contributed by atoms with Crippen LogP contribution in [0.3, 0.4) is 0 Å². The zero-order valence-corrected chi connectivity index (χ0v) is 13.1. The molecule has 0 aliphatic heterocycles. The predicted molar refractivity (Wildman–Crippen MR) is 87.5 cm³/mol. The maximum atomic E-state index is 9.65. The average molecular weight is 282 g/mol. The normalized spacial score (nSPS) is 13.2. The van der Waals surface area contributed by atoms with Gasteiger partial charge in [0.05, 0.1) is 23.3 Å². The fourth-order valence-corrected chi connectivity index (χ4v) is 2.12. The second-order valence-corrected chi connectivity index (χ2v) is 5.45. The SMILES string of the molecule is CCC(C)/C(=N\c1ccccc1C)c1cc(C)c(O)cn1. The van der Waals surface area contributed by atoms with E-state index in [0.29, 0.717) is 5.92 Å². The van der Waals surface area contributed by atoms with Gasteiger partial charge in [0.2, 0.25) is 0 Å². The van der Waals surface area contributed by atoms with Crippen LogP contribution < -0.4 is 0 Å². The molecule has 1 aromatic carbocycles. The summed E-state index contributed by atoms with van der Waals surface area (Å²) >= 11 is 0. The molecule has 3 heteroatoms. The number of aliphatic imine (C=N–C) groups is 1. The fourth-order valence-electron chi connectivity index (χ4n) is 2.12. The molecular formula is C18H22N2O. The van der Waals surface area contributed by atoms with Crippen LogP contribution in [-0.2, 0) is 0 Å². The van der Waals surface area contributed by atoms with Crippen molar-refractivity contribution < 1.29 is 5.11 Å². The first-order valence-electron chi connectivity index (χ1n) is 7.33. The minimum atomic E-state index is 0.221. The number of hydrogen-bond donors (Lipinski definition) is 1. The summed E-state index contributed by atoms with van der Waals surface area (Å²) in [5.74, 6) is 0.527. The van der Waals surface area contributed by atoms with Crippen LogP contribution >= 0.6 is 0 Å². The lowest BCUT2D eigenvalue weighted by molar-refractivity contribution is 0.468. The van der Waals surface area contributed by atoms with Crippen LogP contribution in [-0.4, -0.2) is 15.8 Å². The monoisotopic (exact) mass is 282 g/mol. The van der Waals surface area contributed by atoms with Crippen molar-refractivity contribution in [3.05, 3.63) is 53.3 Å². The van der Waals surface area contributed by atoms with Crippen molar-refractivity contribution in [2.45, 2.75) is 34.1 Å². The molecule has 0 spiro atoms. The van der Waals surface area contributed by atoms with E-state index in [2.05, 4.69) is 31.8 Å². The summed E-state index contributed by atoms with van der Waals surface area (Å²) in [7, 11) is 0. The Hall–Kier alpha value is -2.16. The van der Waals surface area contributed by atoms with E-state index in [1.807, 2.05) is 31.2 Å². The molecule has 3 nitrogen and oxygen atoms in total. The largest absolute Gasteiger partial charge is 0.506 e. The minimum absolute atomic E-state index is 0.221. The summed E-state index contributed by atoms with van der Waals surface area (Å²) in [5.41, 5.74) is 4.74. The van der Waals surface area contributed by atoms with E-state index in [-0.39, 0.29) is 5.75 Å². The number of nitrogens with zero attached hydrogens (tertiary/aromatic N) is 2. The second kappa shape index (κ2) is 6.53. The molecule has 1 N–H and O–H groups in total. The van der Waals surface area contributed by atoms with Crippen molar-refractivity contribution in [1.82, 2.24) is 4.98 Å². The molecule has 1 atom stereocenters. The van der Waals surface area contributed by atoms with Gasteiger partial charge in [-0.15, -0.1) is 0 Å². The van der Waals surface area contributed by atoms with Crippen LogP contribution in [0.2, 0.25) is 0 Å². The van der Waals surface area contributed by atoms with Crippen molar-refractivity contribution >= 4 is 11.4 Å². The highest BCUT2D eigenvalue weighted by Crippen LogP contribution is 2.23. The van der Waals surface area contributed by atoms with Crippen molar-refractivity contribution in [2.75, 3.05) is 0 Å². The maximum absolute atomic E-state index is 9.65. The van der Waals surface area contributed by atoms with Gasteiger partial charge in [0.15, 0.2) is 0 Å². The number of hydrogen-bond acceptors (Lipinski definition) is 3. The van der Waals surface area contributed by atoms with Crippen LogP contribution in [0.5, 0.6) is 5.75 Å². The van der Waals surface area contributed by atoms with Crippen LogP contribution in [0.1, 0.15) is 37.1 Å². The number of benzene rings is 1. The van der Waals surface area contributed by atoms with E-state index in [1.54, 1.807) is 0 Å². The standard InChI is InChI=1S/C18H22N2O/c1-5-12(2)18(16-10-14(4)17(21)11-19-16)20-15-9-7-6-8-13(15)3/h6-12,21H,5H2,1-4H3/b20-18+. The second-order valence-electron chi connectivity index (χ2n) is 5.45. The number of rotatable bonds is 4. The fraction of sp³-hybridized carbons (Fsp3) is 0.333. The van der Waals surface area contributed by atoms with Gasteiger partial charge in [-0.05, 0) is 43.5 Å². The first-order chi connectivity index (χ1) is 10.0. The molecule has 0 bridgehead atoms. The summed E-state index contributed by atoms with van der Waals surface area (Å²) in [6.45, 7) is 8.23. The van der Waals surface area contributed by atoms with E-state index in [1.165, 1.54) is 6.20 Å². The predicted octanol–water partition coefficient (Wildman–Crippen LogP) is 4.57. The van der Waals surface area contributed by atoms with Gasteiger partial charge in [0.25, 0.3) is 0 Å². The molecule has 0 saturated heterocycles. The summed E-state index contributed by atoms with van der Waals surface area (Å²) in [5, 5.41) is 9.65. The van der Waals surface area contributed by atoms with Gasteiger partial charge in [0.1, 0.15) is 5.75 Å². The van der Waals surface area contributed by atoms with E-state index >= 15 is 0 Å². The zero-order chi connectivity index (χ0) is 15.4. The van der Waals surface area contributed by atoms with Gasteiger partial charge in [0, 0.05) is 5.92 Å². The van der Waals surface area contributed by atoms with E-state index < -0.39 is 0 Å². The summed E-state index contributed by atoms with van der Waals surface area (Å²) in [6, 6.07) is 9.99. The maximum Gasteiger partial charge on any atom is 0.136 e. The third-order valence-electron chi connectivity index (χ3n) is 3.78. The van der Waals surface area contributed by atoms with Gasteiger partial charge >= 0.3 is 0 Å². The van der Waals surface area contributed by atoms with E-state index in [4.69, 9.17) is 4.99 Å². The van der Waals surface area contributed by atoms with Crippen molar-refractivity contribution in [2.24, 2.45) is 10.9 Å². The molecule has 110 valence electrons. The molecule has 21 heavy (non-hydrogen) atoms. The summed E-state index contributed by atoms with van der Waals surface area (Å²) in [4.78, 5) is 9.20. The van der Waals surface area contributed by atoms with Gasteiger partial charge in [-0.25, -0.2) is 0 Å². The molecule has 0 saturated carbocycles. The molecule has 2 aromatic rings. The Morgan fingerprint density at radius 1 is 1.24 bits per heavy atom. The highest BCUT2D eigenvalue weighted by molar-refractivity contribution is 6.02. The average Bonchev–Trinajstić information content (AvgIpc) is 2.48. The minimum Gasteiger partial charge on any atom is -0.506 e. The Balaban J connectivity index is 2.53. The Labute approximate surface area is 126 Å². The van der Waals surface area contributed by atoms with Crippen LogP contribution in [0.15, 0.2) is 41.5 Å². The highest BCUT2D eigenvalue weighted by Gasteiger charge is 2.14. The molecule has 1 aromatic heterocycles. The summed E-state index contributed by atoms with van der Waals surface area (Å²) < 4.78 is 0. The molecule has 0 aliphatic carbocycles. The smallest absolute Gasteiger partial charge is 0.136 e. The molecule has 0 aliphatic rings. The van der Waals surface area contributed by atoms with Crippen LogP contribution in [0.25, 0.3) is 0 Å². The first-order valence-corrected chi connectivity index (χ1v) is 7.33. The first kappa shape index (κ1) is 15.2. The zero-order valence-electron chi connectivity index (χ0n) is 13.1. The van der Waals surface area contributed by atoms with Gasteiger partial charge in [-0.1, -0.05) is 32.0 Å². The Morgan fingerprint density at radius 3 is 2.57 bits per heavy atom. The Morgan fingerprint density at radius 2 is 1.95 bits per heavy atom. The molecule has 2 rings (SSSR count). The molecule has 0 fully saturated rings. The number of pyridine rings is 1. The van der Waals surface area contributed by atoms with Crippen LogP contribution in [0, 0.1) is 19.8 Å². The number of para-hydroxylation sites is 1. The molecular weight excluding hydrogens is 260 g/mol. The lowest BCUT2D eigenvalue weighted by Crippen LogP contribution is -2.13. The van der Waals surface area contributed by atoms with Crippen molar-refractivity contribution in [3.63, 3.8) is 0 Å². The van der Waals surface area contributed by atoms with E-state index in [9.17, 15) is 5.11 Å². The topological polar surface area (TPSA) is 45.5 Å².